The number of ether oxygens (including phenoxy) is 1. The van der Waals surface area contributed by atoms with Crippen molar-refractivity contribution in [1.29, 1.82) is 0 Å². The predicted molar refractivity (Wildman–Crippen MR) is 63.5 cm³/mol. The topological polar surface area (TPSA) is 80.8 Å². The van der Waals surface area contributed by atoms with Crippen molar-refractivity contribution in [3.8, 4) is 0 Å². The molecule has 1 aromatic rings. The molecular weight excluding hydrogens is 282 g/mol. The van der Waals surface area contributed by atoms with Gasteiger partial charge in [-0.15, -0.1) is 0 Å². The van der Waals surface area contributed by atoms with Crippen LogP contribution in [-0.2, 0) is 24.3 Å². The Morgan fingerprint density at radius 1 is 1.33 bits per heavy atom. The molecule has 0 saturated carbocycles. The zero-order valence-electron chi connectivity index (χ0n) is 9.21. The molecule has 6 nitrogen and oxygen atoms in total. The Morgan fingerprint density at radius 3 is 2.56 bits per heavy atom. The third-order valence-electron chi connectivity index (χ3n) is 2.10. The zero-order valence-corrected chi connectivity index (χ0v) is 10.8. The molecule has 8 heteroatoms. The summed E-state index contributed by atoms with van der Waals surface area (Å²) in [5.41, 5.74) is 0.589. The van der Waals surface area contributed by atoms with E-state index in [1.54, 1.807) is 24.3 Å². The van der Waals surface area contributed by atoms with Crippen LogP contribution >= 0.6 is 11.6 Å². The van der Waals surface area contributed by atoms with E-state index >= 15 is 0 Å². The second kappa shape index (κ2) is 6.51. The summed E-state index contributed by atoms with van der Waals surface area (Å²) in [6.07, 6.45) is 0.250. The summed E-state index contributed by atoms with van der Waals surface area (Å²) in [4.78, 5) is 16.2. The third kappa shape index (κ3) is 3.82. The molecule has 18 heavy (non-hydrogen) atoms. The number of nitrogens with zero attached hydrogens (tertiary/aromatic N) is 1. The van der Waals surface area contributed by atoms with Gasteiger partial charge in [0.15, 0.2) is 5.94 Å². The SMILES string of the molecule is O=C=O.O=S1(=O)COCCN1c1cccc(Cl)c1. The number of sulfonamides is 1. The first-order valence-electron chi connectivity index (χ1n) is 4.84. The highest BCUT2D eigenvalue weighted by Crippen LogP contribution is 2.23. The molecule has 1 heterocycles. The second-order valence-corrected chi connectivity index (χ2v) is 5.55. The number of rotatable bonds is 1. The van der Waals surface area contributed by atoms with Crippen molar-refractivity contribution in [2.75, 3.05) is 23.4 Å². The van der Waals surface area contributed by atoms with Crippen LogP contribution in [0.2, 0.25) is 5.02 Å². The zero-order chi connectivity index (χ0) is 13.6. The van der Waals surface area contributed by atoms with Gasteiger partial charge in [-0.05, 0) is 18.2 Å². The van der Waals surface area contributed by atoms with Crippen LogP contribution in [0.15, 0.2) is 24.3 Å². The average molecular weight is 292 g/mol. The highest BCUT2D eigenvalue weighted by Gasteiger charge is 2.26. The third-order valence-corrected chi connectivity index (χ3v) is 3.87. The van der Waals surface area contributed by atoms with Crippen LogP contribution in [0.5, 0.6) is 0 Å². The summed E-state index contributed by atoms with van der Waals surface area (Å²) in [7, 11) is -3.34. The van der Waals surface area contributed by atoms with Crippen LogP contribution in [0.4, 0.5) is 5.69 Å². The van der Waals surface area contributed by atoms with E-state index in [2.05, 4.69) is 0 Å². The first-order chi connectivity index (χ1) is 8.51. The molecule has 0 spiro atoms. The maximum Gasteiger partial charge on any atom is 0.373 e. The minimum absolute atomic E-state index is 0.250. The van der Waals surface area contributed by atoms with Gasteiger partial charge in [-0.2, -0.15) is 9.59 Å². The first kappa shape index (κ1) is 14.7. The molecule has 0 aromatic heterocycles. The summed E-state index contributed by atoms with van der Waals surface area (Å²) in [5.74, 6) is -0.264. The number of carbonyl (C=O) groups excluding carboxylic acids is 2. The molecule has 0 amide bonds. The number of benzene rings is 1. The summed E-state index contributed by atoms with van der Waals surface area (Å²) in [6.45, 7) is 0.744. The lowest BCUT2D eigenvalue weighted by Gasteiger charge is -2.28. The monoisotopic (exact) mass is 291 g/mol. The van der Waals surface area contributed by atoms with E-state index in [4.69, 9.17) is 25.9 Å². The highest BCUT2D eigenvalue weighted by atomic mass is 35.5. The van der Waals surface area contributed by atoms with Gasteiger partial charge in [0.05, 0.1) is 18.8 Å². The van der Waals surface area contributed by atoms with Crippen LogP contribution < -0.4 is 4.31 Å². The molecular formula is C10H10ClNO5S. The van der Waals surface area contributed by atoms with E-state index in [-0.39, 0.29) is 12.1 Å². The molecule has 1 aromatic carbocycles. The van der Waals surface area contributed by atoms with Gasteiger partial charge in [0.25, 0.3) is 10.0 Å². The molecule has 1 saturated heterocycles. The Kier molecular flexibility index (Phi) is 5.30. The Morgan fingerprint density at radius 2 is 2.00 bits per heavy atom. The number of hydrogen-bond acceptors (Lipinski definition) is 5. The summed E-state index contributed by atoms with van der Waals surface area (Å²) < 4.78 is 29.5. The van der Waals surface area contributed by atoms with Crippen molar-refractivity contribution < 1.29 is 22.7 Å². The van der Waals surface area contributed by atoms with Crippen LogP contribution in [0.3, 0.4) is 0 Å². The standard InChI is InChI=1S/C9H10ClNO3S.CO2/c10-8-2-1-3-9(6-8)11-4-5-14-7-15(11,12)13;2-1-3/h1-3,6H,4-5,7H2;. The highest BCUT2D eigenvalue weighted by molar-refractivity contribution is 7.92. The van der Waals surface area contributed by atoms with Crippen molar-refractivity contribution in [1.82, 2.24) is 0 Å². The van der Waals surface area contributed by atoms with Gasteiger partial charge >= 0.3 is 6.15 Å². The normalized spacial score (nSPS) is 17.3. The van der Waals surface area contributed by atoms with Gasteiger partial charge in [0, 0.05) is 5.02 Å². The minimum atomic E-state index is -3.34. The van der Waals surface area contributed by atoms with Gasteiger partial charge in [-0.1, -0.05) is 17.7 Å². The van der Waals surface area contributed by atoms with E-state index in [1.807, 2.05) is 0 Å². The number of hydrogen-bond donors (Lipinski definition) is 0. The Hall–Kier alpha value is -1.40. The fraction of sp³-hybridized carbons (Fsp3) is 0.300. The molecule has 1 aliphatic heterocycles. The Labute approximate surface area is 109 Å². The molecule has 0 aliphatic carbocycles. The smallest absolute Gasteiger partial charge is 0.362 e. The van der Waals surface area contributed by atoms with Gasteiger partial charge in [-0.3, -0.25) is 4.31 Å². The summed E-state index contributed by atoms with van der Waals surface area (Å²) in [5, 5.41) is 0.522. The Bertz CT molecular complexity index is 539. The van der Waals surface area contributed by atoms with Crippen LogP contribution in [-0.4, -0.2) is 33.7 Å². The van der Waals surface area contributed by atoms with Crippen molar-refractivity contribution in [3.05, 3.63) is 29.3 Å². The fourth-order valence-corrected chi connectivity index (χ4v) is 2.86. The molecule has 0 N–H and O–H groups in total. The van der Waals surface area contributed by atoms with E-state index in [0.717, 1.165) is 0 Å². The largest absolute Gasteiger partial charge is 0.373 e. The molecule has 0 bridgehead atoms. The van der Waals surface area contributed by atoms with Crippen molar-refractivity contribution in [3.63, 3.8) is 0 Å². The molecule has 1 fully saturated rings. The lowest BCUT2D eigenvalue weighted by atomic mass is 10.3. The summed E-state index contributed by atoms with van der Waals surface area (Å²) in [6, 6.07) is 6.78. The maximum absolute atomic E-state index is 11.7. The van der Waals surface area contributed by atoms with Crippen LogP contribution in [0.1, 0.15) is 0 Å². The number of anilines is 1. The fourth-order valence-electron chi connectivity index (χ4n) is 1.44. The van der Waals surface area contributed by atoms with Crippen LogP contribution in [0, 0.1) is 0 Å². The van der Waals surface area contributed by atoms with E-state index in [1.165, 1.54) is 4.31 Å². The molecule has 0 atom stereocenters. The van der Waals surface area contributed by atoms with Crippen molar-refractivity contribution in [2.24, 2.45) is 0 Å². The van der Waals surface area contributed by atoms with E-state index < -0.39 is 10.0 Å². The van der Waals surface area contributed by atoms with Crippen LogP contribution in [0.25, 0.3) is 0 Å². The van der Waals surface area contributed by atoms with Gasteiger partial charge in [-0.25, -0.2) is 8.42 Å². The number of halogens is 1. The average Bonchev–Trinajstić information content (AvgIpc) is 2.29. The molecule has 1 aliphatic rings. The summed E-state index contributed by atoms with van der Waals surface area (Å²) >= 11 is 5.80. The molecule has 0 unspecified atom stereocenters. The van der Waals surface area contributed by atoms with Gasteiger partial charge in [0.2, 0.25) is 0 Å². The Balaban J connectivity index is 0.000000492. The minimum Gasteiger partial charge on any atom is -0.362 e. The van der Waals surface area contributed by atoms with Gasteiger partial charge in [0.1, 0.15) is 0 Å². The molecule has 0 radical (unpaired) electrons. The first-order valence-corrected chi connectivity index (χ1v) is 6.83. The lowest BCUT2D eigenvalue weighted by molar-refractivity contribution is -0.191. The van der Waals surface area contributed by atoms with E-state index in [0.29, 0.717) is 23.9 Å². The second-order valence-electron chi connectivity index (χ2n) is 3.27. The van der Waals surface area contributed by atoms with Gasteiger partial charge < -0.3 is 4.74 Å². The molecule has 98 valence electrons. The molecule has 2 rings (SSSR count). The quantitative estimate of drug-likeness (QED) is 0.767. The van der Waals surface area contributed by atoms with E-state index in [9.17, 15) is 8.42 Å². The van der Waals surface area contributed by atoms with Crippen molar-refractivity contribution in [2.45, 2.75) is 0 Å². The van der Waals surface area contributed by atoms with Crippen molar-refractivity contribution >= 4 is 33.5 Å². The predicted octanol–water partition coefficient (Wildman–Crippen LogP) is 0.880. The maximum atomic E-state index is 11.7. The lowest BCUT2D eigenvalue weighted by Crippen LogP contribution is -2.41.